The van der Waals surface area contributed by atoms with Crippen molar-refractivity contribution in [3.05, 3.63) is 88.7 Å². The van der Waals surface area contributed by atoms with Gasteiger partial charge in [0.25, 0.3) is 0 Å². The number of urea groups is 1. The summed E-state index contributed by atoms with van der Waals surface area (Å²) in [6.45, 7) is 5.65. The Hall–Kier alpha value is -3.77. The fourth-order valence-electron chi connectivity index (χ4n) is 5.09. The Balaban J connectivity index is 1.67. The van der Waals surface area contributed by atoms with Crippen LogP contribution in [0.1, 0.15) is 48.4 Å². The summed E-state index contributed by atoms with van der Waals surface area (Å²) >= 11 is 0. The van der Waals surface area contributed by atoms with Gasteiger partial charge >= 0.3 is 12.2 Å². The van der Waals surface area contributed by atoms with Crippen molar-refractivity contribution in [1.82, 2.24) is 5.32 Å². The molecule has 1 spiro atoms. The van der Waals surface area contributed by atoms with E-state index in [0.29, 0.717) is 42.9 Å². The first-order chi connectivity index (χ1) is 17.6. The second-order valence-corrected chi connectivity index (χ2v) is 9.45. The molecule has 37 heavy (non-hydrogen) atoms. The number of alkyl halides is 3. The van der Waals surface area contributed by atoms with E-state index in [2.05, 4.69) is 23.3 Å². The number of ether oxygens (including phenoxy) is 2. The van der Waals surface area contributed by atoms with Gasteiger partial charge < -0.3 is 20.1 Å². The number of nitrogens with one attached hydrogen (secondary N) is 2. The van der Waals surface area contributed by atoms with Gasteiger partial charge in [0.15, 0.2) is 0 Å². The summed E-state index contributed by atoms with van der Waals surface area (Å²) in [6.07, 6.45) is -1.42. The highest BCUT2D eigenvalue weighted by Gasteiger charge is 2.41. The first kappa shape index (κ1) is 26.3. The van der Waals surface area contributed by atoms with Crippen molar-refractivity contribution in [1.29, 1.82) is 5.26 Å². The second-order valence-electron chi connectivity index (χ2n) is 9.45. The van der Waals surface area contributed by atoms with E-state index in [1.807, 2.05) is 0 Å². The van der Waals surface area contributed by atoms with Crippen LogP contribution in [-0.4, -0.2) is 26.4 Å². The Morgan fingerprint density at radius 1 is 1.16 bits per heavy atom. The number of nitrogens with zero attached hydrogens (tertiary/aromatic N) is 1. The molecular weight excluding hydrogens is 483 g/mol. The Labute approximate surface area is 213 Å². The first-order valence-corrected chi connectivity index (χ1v) is 11.9. The maximum atomic E-state index is 13.1. The zero-order chi connectivity index (χ0) is 26.6. The van der Waals surface area contributed by atoms with Crippen molar-refractivity contribution < 1.29 is 27.4 Å². The Bertz CT molecular complexity index is 1240. The third-order valence-corrected chi connectivity index (χ3v) is 6.99. The molecule has 1 heterocycles. The van der Waals surface area contributed by atoms with Crippen molar-refractivity contribution in [2.75, 3.05) is 25.6 Å². The molecule has 6 nitrogen and oxygen atoms in total. The van der Waals surface area contributed by atoms with Gasteiger partial charge in [0.1, 0.15) is 5.76 Å². The van der Waals surface area contributed by atoms with Crippen molar-refractivity contribution in [3.63, 3.8) is 0 Å². The molecule has 2 aromatic carbocycles. The predicted molar refractivity (Wildman–Crippen MR) is 132 cm³/mol. The van der Waals surface area contributed by atoms with Crippen molar-refractivity contribution in [3.8, 4) is 6.07 Å². The van der Waals surface area contributed by atoms with Crippen LogP contribution in [0.4, 0.5) is 23.7 Å². The van der Waals surface area contributed by atoms with Gasteiger partial charge in [0.2, 0.25) is 0 Å². The molecule has 194 valence electrons. The van der Waals surface area contributed by atoms with E-state index in [1.54, 1.807) is 31.4 Å². The molecule has 1 unspecified atom stereocenters. The van der Waals surface area contributed by atoms with E-state index in [9.17, 15) is 23.2 Å². The van der Waals surface area contributed by atoms with Crippen molar-refractivity contribution in [2.45, 2.75) is 37.9 Å². The number of anilines is 1. The number of nitriles is 1. The summed E-state index contributed by atoms with van der Waals surface area (Å²) in [6, 6.07) is 11.9. The molecule has 9 heteroatoms. The van der Waals surface area contributed by atoms with Crippen molar-refractivity contribution in [2.24, 2.45) is 5.41 Å². The molecule has 2 aromatic rings. The summed E-state index contributed by atoms with van der Waals surface area (Å²) < 4.78 is 50.8. The number of hydrogen-bond donors (Lipinski definition) is 2. The van der Waals surface area contributed by atoms with Gasteiger partial charge in [-0.3, -0.25) is 0 Å². The van der Waals surface area contributed by atoms with Crippen LogP contribution in [0.5, 0.6) is 0 Å². The van der Waals surface area contributed by atoms with Crippen LogP contribution in [0.25, 0.3) is 0 Å². The minimum absolute atomic E-state index is 0.00970. The van der Waals surface area contributed by atoms with Gasteiger partial charge in [0, 0.05) is 30.9 Å². The normalized spacial score (nSPS) is 18.2. The second kappa shape index (κ2) is 10.7. The Kier molecular flexibility index (Phi) is 7.60. The predicted octanol–water partition coefficient (Wildman–Crippen LogP) is 6.49. The maximum absolute atomic E-state index is 13.1. The zero-order valence-electron chi connectivity index (χ0n) is 20.5. The molecule has 1 aliphatic heterocycles. The lowest BCUT2D eigenvalue weighted by Gasteiger charge is -2.43. The number of halogens is 3. The van der Waals surface area contributed by atoms with Gasteiger partial charge in [-0.05, 0) is 66.1 Å². The highest BCUT2D eigenvalue weighted by atomic mass is 19.4. The van der Waals surface area contributed by atoms with Crippen LogP contribution < -0.4 is 10.6 Å². The number of rotatable bonds is 5. The molecule has 1 fully saturated rings. The third-order valence-electron chi connectivity index (χ3n) is 6.99. The van der Waals surface area contributed by atoms with E-state index >= 15 is 0 Å². The molecule has 2 amide bonds. The Morgan fingerprint density at radius 3 is 2.49 bits per heavy atom. The van der Waals surface area contributed by atoms with Crippen LogP contribution in [0.3, 0.4) is 0 Å². The molecule has 1 saturated heterocycles. The molecule has 0 bridgehead atoms. The monoisotopic (exact) mass is 511 g/mol. The number of carbonyl (C=O) groups is 1. The average molecular weight is 512 g/mol. The summed E-state index contributed by atoms with van der Waals surface area (Å²) in [5.41, 5.74) is 1.81. The van der Waals surface area contributed by atoms with Gasteiger partial charge in [0.05, 0.1) is 30.3 Å². The average Bonchev–Trinajstić information content (AvgIpc) is 2.87. The number of allylic oxidation sites excluding steroid dienone is 1. The molecule has 1 aliphatic carbocycles. The summed E-state index contributed by atoms with van der Waals surface area (Å²) in [7, 11) is 1.58. The lowest BCUT2D eigenvalue weighted by atomic mass is 9.66. The van der Waals surface area contributed by atoms with E-state index in [1.165, 1.54) is 12.1 Å². The molecule has 2 N–H and O–H groups in total. The topological polar surface area (TPSA) is 83.4 Å². The van der Waals surface area contributed by atoms with E-state index in [0.717, 1.165) is 36.1 Å². The van der Waals surface area contributed by atoms with Crippen LogP contribution in [0, 0.1) is 16.7 Å². The molecule has 0 radical (unpaired) electrons. The number of hydrogen-bond acceptors (Lipinski definition) is 4. The van der Waals surface area contributed by atoms with E-state index in [4.69, 9.17) is 9.47 Å². The van der Waals surface area contributed by atoms with E-state index < -0.39 is 23.8 Å². The maximum Gasteiger partial charge on any atom is 0.416 e. The molecule has 1 atom stereocenters. The number of carbonyl (C=O) groups excluding carboxylic acids is 1. The standard InChI is InChI=1S/C28H28F3N3O3/c1-18-15-27(10-12-37-13-11-27)16-23(36-2)24(18)25(20-8-6-19(17-32)7-9-20)34-26(35)33-22-5-3-4-21(14-22)28(29,30)31/h3-9,14,25H,1,10-13,15-16H2,2H3,(H2,33,34,35). The number of amides is 2. The van der Waals surface area contributed by atoms with Gasteiger partial charge in [-0.15, -0.1) is 0 Å². The van der Waals surface area contributed by atoms with E-state index in [-0.39, 0.29) is 11.1 Å². The molecule has 2 aliphatic rings. The minimum atomic E-state index is -4.53. The fraction of sp³-hybridized carbons (Fsp3) is 0.357. The smallest absolute Gasteiger partial charge is 0.416 e. The summed E-state index contributed by atoms with van der Waals surface area (Å²) in [5.74, 6) is 0.701. The zero-order valence-corrected chi connectivity index (χ0v) is 20.5. The first-order valence-electron chi connectivity index (χ1n) is 11.9. The SMILES string of the molecule is C=C1CC2(CCOCC2)CC(OC)=C1C(NC(=O)Nc1cccc(C(F)(F)F)c1)c1ccc(C#N)cc1. The van der Waals surface area contributed by atoms with Crippen LogP contribution in [0.15, 0.2) is 72.0 Å². The van der Waals surface area contributed by atoms with Crippen LogP contribution in [0.2, 0.25) is 0 Å². The highest BCUT2D eigenvalue weighted by Crippen LogP contribution is 2.50. The largest absolute Gasteiger partial charge is 0.501 e. The summed E-state index contributed by atoms with van der Waals surface area (Å²) in [5, 5.41) is 14.6. The highest BCUT2D eigenvalue weighted by molar-refractivity contribution is 5.90. The number of methoxy groups -OCH3 is 1. The van der Waals surface area contributed by atoms with Gasteiger partial charge in [-0.25, -0.2) is 4.79 Å². The molecule has 0 saturated carbocycles. The van der Waals surface area contributed by atoms with Crippen molar-refractivity contribution >= 4 is 11.7 Å². The van der Waals surface area contributed by atoms with Crippen LogP contribution >= 0.6 is 0 Å². The number of benzene rings is 2. The fourth-order valence-corrected chi connectivity index (χ4v) is 5.09. The molecule has 4 rings (SSSR count). The molecular formula is C28H28F3N3O3. The minimum Gasteiger partial charge on any atom is -0.501 e. The lowest BCUT2D eigenvalue weighted by molar-refractivity contribution is -0.137. The van der Waals surface area contributed by atoms with Crippen LogP contribution in [-0.2, 0) is 15.7 Å². The third kappa shape index (κ3) is 5.97. The Morgan fingerprint density at radius 2 is 1.86 bits per heavy atom. The lowest BCUT2D eigenvalue weighted by Crippen LogP contribution is -2.38. The quantitative estimate of drug-likeness (QED) is 0.481. The molecule has 0 aromatic heterocycles. The van der Waals surface area contributed by atoms with Gasteiger partial charge in [-0.1, -0.05) is 24.8 Å². The van der Waals surface area contributed by atoms with Gasteiger partial charge in [-0.2, -0.15) is 18.4 Å². The summed E-state index contributed by atoms with van der Waals surface area (Å²) in [4.78, 5) is 13.1.